The normalized spacial score (nSPS) is 18.7. The second-order valence-corrected chi connectivity index (χ2v) is 8.14. The third kappa shape index (κ3) is 4.49. The second kappa shape index (κ2) is 7.84. The molecule has 0 fully saturated rings. The van der Waals surface area contributed by atoms with Gasteiger partial charge in [0.05, 0.1) is 18.9 Å². The standard InChI is InChI=1S/C20H21NO5S/c1-15(26-19-6-4-3-5-7-19)20(22)21(17-12-13-27(23,24)14-17)16-8-10-18(25-2)11-9-16/h3-13,15,17H,14H2,1-2H3. The van der Waals surface area contributed by atoms with Crippen LogP contribution in [0, 0.1) is 0 Å². The lowest BCUT2D eigenvalue weighted by Gasteiger charge is -2.30. The summed E-state index contributed by atoms with van der Waals surface area (Å²) in [4.78, 5) is 14.6. The fraction of sp³-hybridized carbons (Fsp3) is 0.250. The lowest BCUT2D eigenvalue weighted by atomic mass is 10.1. The monoisotopic (exact) mass is 387 g/mol. The Kier molecular flexibility index (Phi) is 5.51. The SMILES string of the molecule is COc1ccc(N(C(=O)C(C)Oc2ccccc2)C2C=CS(=O)(=O)C2)cc1. The number of anilines is 1. The number of carbonyl (C=O) groups excluding carboxylic acids is 1. The highest BCUT2D eigenvalue weighted by Crippen LogP contribution is 2.26. The van der Waals surface area contributed by atoms with Crippen molar-refractivity contribution in [3.05, 3.63) is 66.1 Å². The number of hydrogen-bond acceptors (Lipinski definition) is 5. The van der Waals surface area contributed by atoms with Crippen LogP contribution in [0.15, 0.2) is 66.1 Å². The first-order valence-corrected chi connectivity index (χ1v) is 10.2. The van der Waals surface area contributed by atoms with Crippen LogP contribution in [0.4, 0.5) is 5.69 Å². The van der Waals surface area contributed by atoms with E-state index in [0.29, 0.717) is 17.2 Å². The number of carbonyl (C=O) groups is 1. The van der Waals surface area contributed by atoms with Crippen molar-refractivity contribution in [2.24, 2.45) is 0 Å². The van der Waals surface area contributed by atoms with Gasteiger partial charge in [-0.2, -0.15) is 0 Å². The molecule has 7 heteroatoms. The highest BCUT2D eigenvalue weighted by molar-refractivity contribution is 7.94. The fourth-order valence-electron chi connectivity index (χ4n) is 2.89. The number of nitrogens with zero attached hydrogens (tertiary/aromatic N) is 1. The largest absolute Gasteiger partial charge is 0.497 e. The molecule has 1 amide bonds. The van der Waals surface area contributed by atoms with Crippen molar-refractivity contribution in [3.63, 3.8) is 0 Å². The quantitative estimate of drug-likeness (QED) is 0.762. The van der Waals surface area contributed by atoms with Crippen molar-refractivity contribution in [1.29, 1.82) is 0 Å². The molecule has 142 valence electrons. The highest BCUT2D eigenvalue weighted by atomic mass is 32.2. The molecule has 2 aromatic carbocycles. The molecule has 1 aliphatic heterocycles. The summed E-state index contributed by atoms with van der Waals surface area (Å²) in [6.45, 7) is 1.65. The van der Waals surface area contributed by atoms with Gasteiger partial charge in [0.25, 0.3) is 5.91 Å². The summed E-state index contributed by atoms with van der Waals surface area (Å²) in [6, 6.07) is 15.4. The van der Waals surface area contributed by atoms with Crippen molar-refractivity contribution >= 4 is 21.4 Å². The van der Waals surface area contributed by atoms with Gasteiger partial charge in [-0.25, -0.2) is 8.42 Å². The molecular formula is C20H21NO5S. The van der Waals surface area contributed by atoms with E-state index in [1.807, 2.05) is 18.2 Å². The van der Waals surface area contributed by atoms with Gasteiger partial charge < -0.3 is 14.4 Å². The molecule has 0 aromatic heterocycles. The molecular weight excluding hydrogens is 366 g/mol. The van der Waals surface area contributed by atoms with Gasteiger partial charge in [-0.05, 0) is 49.4 Å². The van der Waals surface area contributed by atoms with Crippen LogP contribution in [-0.2, 0) is 14.6 Å². The number of methoxy groups -OCH3 is 1. The molecule has 0 saturated carbocycles. The molecule has 27 heavy (non-hydrogen) atoms. The molecule has 3 rings (SSSR count). The minimum absolute atomic E-state index is 0.150. The Balaban J connectivity index is 1.88. The maximum atomic E-state index is 13.1. The molecule has 0 N–H and O–H groups in total. The Bertz CT molecular complexity index is 923. The summed E-state index contributed by atoms with van der Waals surface area (Å²) in [5.41, 5.74) is 0.580. The summed E-state index contributed by atoms with van der Waals surface area (Å²) < 4.78 is 34.7. The van der Waals surface area contributed by atoms with Crippen molar-refractivity contribution in [1.82, 2.24) is 0 Å². The van der Waals surface area contributed by atoms with E-state index in [0.717, 1.165) is 5.41 Å². The molecule has 0 spiro atoms. The van der Waals surface area contributed by atoms with Crippen LogP contribution in [-0.4, -0.2) is 39.3 Å². The van der Waals surface area contributed by atoms with Crippen molar-refractivity contribution in [2.45, 2.75) is 19.1 Å². The summed E-state index contributed by atoms with van der Waals surface area (Å²) in [6.07, 6.45) is 0.749. The number of benzene rings is 2. The van der Waals surface area contributed by atoms with Crippen LogP contribution in [0.25, 0.3) is 0 Å². The molecule has 0 saturated heterocycles. The molecule has 2 aromatic rings. The summed E-state index contributed by atoms with van der Waals surface area (Å²) in [5, 5.41) is 1.16. The topological polar surface area (TPSA) is 72.9 Å². The van der Waals surface area contributed by atoms with Crippen LogP contribution in [0.2, 0.25) is 0 Å². The van der Waals surface area contributed by atoms with E-state index in [9.17, 15) is 13.2 Å². The first kappa shape index (κ1) is 19.0. The van der Waals surface area contributed by atoms with Gasteiger partial charge >= 0.3 is 0 Å². The Morgan fingerprint density at radius 3 is 2.30 bits per heavy atom. The van der Waals surface area contributed by atoms with Gasteiger partial charge in [-0.15, -0.1) is 0 Å². The Morgan fingerprint density at radius 2 is 1.74 bits per heavy atom. The smallest absolute Gasteiger partial charge is 0.268 e. The molecule has 6 nitrogen and oxygen atoms in total. The Morgan fingerprint density at radius 1 is 1.07 bits per heavy atom. The number of ether oxygens (including phenoxy) is 2. The zero-order valence-corrected chi connectivity index (χ0v) is 15.9. The van der Waals surface area contributed by atoms with Crippen LogP contribution >= 0.6 is 0 Å². The molecule has 1 aliphatic rings. The average molecular weight is 387 g/mol. The van der Waals surface area contributed by atoms with Crippen molar-refractivity contribution in [2.75, 3.05) is 17.8 Å². The van der Waals surface area contributed by atoms with E-state index in [-0.39, 0.29) is 11.7 Å². The van der Waals surface area contributed by atoms with Gasteiger partial charge in [-0.3, -0.25) is 4.79 Å². The molecule has 2 atom stereocenters. The summed E-state index contributed by atoms with van der Waals surface area (Å²) in [5.74, 6) is 0.746. The predicted octanol–water partition coefficient (Wildman–Crippen LogP) is 2.81. The first-order chi connectivity index (χ1) is 12.9. The summed E-state index contributed by atoms with van der Waals surface area (Å²) in [7, 11) is -1.76. The van der Waals surface area contributed by atoms with E-state index in [1.165, 1.54) is 11.0 Å². The number of rotatable bonds is 6. The molecule has 1 heterocycles. The lowest BCUT2D eigenvalue weighted by molar-refractivity contribution is -0.124. The van der Waals surface area contributed by atoms with Crippen LogP contribution < -0.4 is 14.4 Å². The molecule has 2 unspecified atom stereocenters. The maximum Gasteiger partial charge on any atom is 0.268 e. The van der Waals surface area contributed by atoms with Gasteiger partial charge in [0.15, 0.2) is 15.9 Å². The van der Waals surface area contributed by atoms with E-state index >= 15 is 0 Å². The van der Waals surface area contributed by atoms with E-state index < -0.39 is 22.0 Å². The van der Waals surface area contributed by atoms with Crippen LogP contribution in [0.5, 0.6) is 11.5 Å². The number of amides is 1. The molecule has 0 bridgehead atoms. The third-order valence-electron chi connectivity index (χ3n) is 4.23. The first-order valence-electron chi connectivity index (χ1n) is 8.49. The summed E-state index contributed by atoms with van der Waals surface area (Å²) >= 11 is 0. The predicted molar refractivity (Wildman–Crippen MR) is 104 cm³/mol. The van der Waals surface area contributed by atoms with Crippen LogP contribution in [0.3, 0.4) is 0 Å². The van der Waals surface area contributed by atoms with E-state index in [4.69, 9.17) is 9.47 Å². The van der Waals surface area contributed by atoms with Gasteiger partial charge in [0, 0.05) is 11.1 Å². The zero-order chi connectivity index (χ0) is 19.4. The zero-order valence-electron chi connectivity index (χ0n) is 15.1. The molecule has 0 radical (unpaired) electrons. The van der Waals surface area contributed by atoms with Crippen molar-refractivity contribution in [3.8, 4) is 11.5 Å². The average Bonchev–Trinajstić information content (AvgIpc) is 3.02. The maximum absolute atomic E-state index is 13.1. The number of sulfone groups is 1. The minimum atomic E-state index is -3.32. The highest BCUT2D eigenvalue weighted by Gasteiger charge is 2.34. The Labute approximate surface area is 158 Å². The fourth-order valence-corrected chi connectivity index (χ4v) is 4.16. The van der Waals surface area contributed by atoms with Crippen molar-refractivity contribution < 1.29 is 22.7 Å². The Hall–Kier alpha value is -2.80. The second-order valence-electron chi connectivity index (χ2n) is 6.20. The molecule has 0 aliphatic carbocycles. The minimum Gasteiger partial charge on any atom is -0.497 e. The van der Waals surface area contributed by atoms with E-state index in [2.05, 4.69) is 0 Å². The van der Waals surface area contributed by atoms with E-state index in [1.54, 1.807) is 50.4 Å². The number of para-hydroxylation sites is 1. The van der Waals surface area contributed by atoms with Crippen LogP contribution in [0.1, 0.15) is 6.92 Å². The third-order valence-corrected chi connectivity index (χ3v) is 5.61. The van der Waals surface area contributed by atoms with Gasteiger partial charge in [-0.1, -0.05) is 18.2 Å². The number of hydrogen-bond donors (Lipinski definition) is 0. The van der Waals surface area contributed by atoms with Gasteiger partial charge in [0.2, 0.25) is 0 Å². The lowest BCUT2D eigenvalue weighted by Crippen LogP contribution is -2.47. The van der Waals surface area contributed by atoms with Gasteiger partial charge in [0.1, 0.15) is 11.5 Å².